The van der Waals surface area contributed by atoms with Gasteiger partial charge in [0.25, 0.3) is 0 Å². The molecule has 0 unspecified atom stereocenters. The maximum absolute atomic E-state index is 8.49. The van der Waals surface area contributed by atoms with Crippen molar-refractivity contribution in [3.8, 4) is 17.1 Å². The van der Waals surface area contributed by atoms with E-state index < -0.39 is 10.2 Å². The van der Waals surface area contributed by atoms with Crippen molar-refractivity contribution in [2.24, 2.45) is 0 Å². The molecule has 0 fully saturated rings. The minimum atomic E-state index is -4.94. The predicted molar refractivity (Wildman–Crippen MR) is 110 cm³/mol. The lowest BCUT2D eigenvalue weighted by molar-refractivity contribution is -2.00. The number of methoxy groups -OCH3 is 1. The van der Waals surface area contributed by atoms with Crippen LogP contribution in [0.5, 0.6) is 5.75 Å². The summed E-state index contributed by atoms with van der Waals surface area (Å²) in [6.45, 7) is 4.90. The molecule has 0 amide bonds. The van der Waals surface area contributed by atoms with E-state index in [0.717, 1.165) is 39.0 Å². The quantitative estimate of drug-likeness (QED) is 0.384. The van der Waals surface area contributed by atoms with Crippen LogP contribution < -0.4 is 33.7 Å². The molecular formula is C24H23ClN2O6. The van der Waals surface area contributed by atoms with Crippen LogP contribution in [0.15, 0.2) is 71.4 Å². The maximum atomic E-state index is 8.49. The Hall–Kier alpha value is -3.27. The summed E-state index contributed by atoms with van der Waals surface area (Å²) in [6, 6.07) is 18.3. The van der Waals surface area contributed by atoms with Crippen LogP contribution in [0.25, 0.3) is 22.3 Å². The number of benzene rings is 2. The SMILES string of the molecule is COc1ccc(-c2cc(=[NH+]Cc3cccnc3)c3c(C)cc(C)cc3o2)cc1.[O-][Cl+3]([O-])([O-])[O-]. The molecule has 4 aromatic rings. The van der Waals surface area contributed by atoms with Gasteiger partial charge in [-0.2, -0.15) is 0 Å². The van der Waals surface area contributed by atoms with E-state index in [2.05, 4.69) is 48.1 Å². The molecule has 0 aliphatic rings. The number of pyridine rings is 1. The molecule has 172 valence electrons. The lowest BCUT2D eigenvalue weighted by Crippen LogP contribution is -2.75. The Kier molecular flexibility index (Phi) is 7.80. The molecule has 0 saturated carbocycles. The number of aryl methyl sites for hydroxylation is 2. The van der Waals surface area contributed by atoms with E-state index in [-0.39, 0.29) is 0 Å². The summed E-state index contributed by atoms with van der Waals surface area (Å²) in [5.41, 5.74) is 5.38. The first-order valence-corrected chi connectivity index (χ1v) is 11.1. The zero-order chi connectivity index (χ0) is 24.0. The van der Waals surface area contributed by atoms with E-state index in [1.54, 1.807) is 13.3 Å². The third-order valence-corrected chi connectivity index (χ3v) is 4.79. The van der Waals surface area contributed by atoms with E-state index in [9.17, 15) is 0 Å². The van der Waals surface area contributed by atoms with E-state index in [1.807, 2.05) is 36.5 Å². The first-order chi connectivity index (χ1) is 15.6. The zero-order valence-corrected chi connectivity index (χ0v) is 19.1. The molecule has 2 aromatic carbocycles. The highest BCUT2D eigenvalue weighted by atomic mass is 35.7. The van der Waals surface area contributed by atoms with Crippen molar-refractivity contribution in [2.45, 2.75) is 20.4 Å². The smallest absolute Gasteiger partial charge is 0.213 e. The highest BCUT2D eigenvalue weighted by Gasteiger charge is 2.12. The van der Waals surface area contributed by atoms with Crippen molar-refractivity contribution in [2.75, 3.05) is 7.11 Å². The van der Waals surface area contributed by atoms with Crippen molar-refractivity contribution in [3.05, 3.63) is 89.0 Å². The number of hydrogen-bond donors (Lipinski definition) is 1. The molecule has 9 heteroatoms. The largest absolute Gasteiger partial charge is 0.497 e. The summed E-state index contributed by atoms with van der Waals surface area (Å²) in [4.78, 5) is 7.77. The van der Waals surface area contributed by atoms with Crippen LogP contribution in [-0.2, 0) is 6.54 Å². The fourth-order valence-electron chi connectivity index (χ4n) is 3.44. The average molecular weight is 471 g/mol. The third-order valence-electron chi connectivity index (χ3n) is 4.79. The van der Waals surface area contributed by atoms with Gasteiger partial charge in [-0.1, -0.05) is 6.07 Å². The summed E-state index contributed by atoms with van der Waals surface area (Å²) >= 11 is 0. The van der Waals surface area contributed by atoms with Crippen molar-refractivity contribution in [3.63, 3.8) is 0 Å². The molecule has 0 radical (unpaired) electrons. The number of fused-ring (bicyclic) bond motifs is 1. The second-order valence-electron chi connectivity index (χ2n) is 7.30. The fourth-order valence-corrected chi connectivity index (χ4v) is 3.44. The van der Waals surface area contributed by atoms with Gasteiger partial charge >= 0.3 is 0 Å². The minimum Gasteiger partial charge on any atom is -0.497 e. The number of halogens is 1. The van der Waals surface area contributed by atoms with E-state index in [1.165, 1.54) is 11.1 Å². The van der Waals surface area contributed by atoms with Gasteiger partial charge in [0.1, 0.15) is 17.1 Å². The normalized spacial score (nSPS) is 11.8. The van der Waals surface area contributed by atoms with Crippen LogP contribution in [0, 0.1) is 24.1 Å². The highest BCUT2D eigenvalue weighted by Crippen LogP contribution is 2.25. The topological polar surface area (TPSA) is 141 Å². The van der Waals surface area contributed by atoms with Crippen molar-refractivity contribution in [1.29, 1.82) is 0 Å². The standard InChI is InChI=1S/C24H22N2O2.ClHO4/c1-16-11-17(2)24-21(26-15-18-5-4-10-25-14-18)13-22(28-23(24)12-16)19-6-8-20(27-3)9-7-19;2-1(3,4)5/h4-14H,15H2,1-3H3;(H,2,3,4,5). The Morgan fingerprint density at radius 3 is 2.30 bits per heavy atom. The predicted octanol–water partition coefficient (Wildman–Crippen LogP) is -1.45. The molecule has 0 atom stereocenters. The van der Waals surface area contributed by atoms with Gasteiger partial charge in [-0.05, 0) is 67.4 Å². The lowest BCUT2D eigenvalue weighted by atomic mass is 10.0. The summed E-state index contributed by atoms with van der Waals surface area (Å²) < 4.78 is 45.5. The monoisotopic (exact) mass is 470 g/mol. The van der Waals surface area contributed by atoms with Crippen LogP contribution in [0.3, 0.4) is 0 Å². The van der Waals surface area contributed by atoms with Gasteiger partial charge in [-0.3, -0.25) is 4.98 Å². The van der Waals surface area contributed by atoms with Gasteiger partial charge in [0.15, 0.2) is 6.54 Å². The minimum absolute atomic E-state index is 0.697. The van der Waals surface area contributed by atoms with Gasteiger partial charge in [0, 0.05) is 23.5 Å². The molecule has 0 spiro atoms. The second kappa shape index (κ2) is 10.6. The average Bonchev–Trinajstić information content (AvgIpc) is 2.76. The Morgan fingerprint density at radius 2 is 1.70 bits per heavy atom. The lowest BCUT2D eigenvalue weighted by Gasteiger charge is -2.17. The summed E-state index contributed by atoms with van der Waals surface area (Å²) in [6.07, 6.45) is 3.67. The highest BCUT2D eigenvalue weighted by molar-refractivity contribution is 5.82. The molecule has 4 rings (SSSR count). The van der Waals surface area contributed by atoms with Gasteiger partial charge in [-0.25, -0.2) is 23.6 Å². The molecule has 1 N–H and O–H groups in total. The second-order valence-corrected chi connectivity index (χ2v) is 8.06. The fraction of sp³-hybridized carbons (Fsp3) is 0.167. The molecule has 0 bridgehead atoms. The number of hydrogen-bond acceptors (Lipinski definition) is 7. The molecule has 33 heavy (non-hydrogen) atoms. The van der Waals surface area contributed by atoms with Crippen LogP contribution in [0.1, 0.15) is 16.7 Å². The van der Waals surface area contributed by atoms with Gasteiger partial charge in [0.2, 0.25) is 5.36 Å². The molecule has 0 saturated heterocycles. The Labute approximate surface area is 192 Å². The van der Waals surface area contributed by atoms with Crippen molar-refractivity contribution in [1.82, 2.24) is 4.98 Å². The van der Waals surface area contributed by atoms with E-state index in [0.29, 0.717) is 6.54 Å². The number of nitrogens with one attached hydrogen (secondary N) is 1. The molecule has 2 heterocycles. The first kappa shape index (κ1) is 24.4. The number of aromatic nitrogens is 1. The third kappa shape index (κ3) is 7.11. The summed E-state index contributed by atoms with van der Waals surface area (Å²) in [5.74, 6) is 1.64. The van der Waals surface area contributed by atoms with Crippen LogP contribution >= 0.6 is 0 Å². The molecule has 2 aromatic heterocycles. The Morgan fingerprint density at radius 1 is 1.00 bits per heavy atom. The number of ether oxygens (including phenoxy) is 1. The van der Waals surface area contributed by atoms with Crippen LogP contribution in [-0.4, -0.2) is 12.1 Å². The van der Waals surface area contributed by atoms with Crippen molar-refractivity contribution >= 4 is 11.0 Å². The van der Waals surface area contributed by atoms with E-state index in [4.69, 9.17) is 27.8 Å². The first-order valence-electron chi connectivity index (χ1n) is 9.91. The van der Waals surface area contributed by atoms with Crippen LogP contribution in [0.2, 0.25) is 0 Å². The van der Waals surface area contributed by atoms with Crippen LogP contribution in [0.4, 0.5) is 0 Å². The Bertz CT molecular complexity index is 1280. The molecular weight excluding hydrogens is 448 g/mol. The Balaban J connectivity index is 0.000000555. The molecule has 0 aliphatic carbocycles. The molecule has 0 aliphatic heterocycles. The van der Waals surface area contributed by atoms with Crippen molar-refractivity contribution < 1.29 is 43.0 Å². The van der Waals surface area contributed by atoms with E-state index >= 15 is 0 Å². The summed E-state index contributed by atoms with van der Waals surface area (Å²) in [7, 11) is -3.28. The van der Waals surface area contributed by atoms with Gasteiger partial charge < -0.3 is 9.15 Å². The number of rotatable bonds is 4. The zero-order valence-electron chi connectivity index (χ0n) is 18.3. The van der Waals surface area contributed by atoms with Gasteiger partial charge in [0.05, 0.1) is 18.6 Å². The number of nitrogens with zero attached hydrogens (tertiary/aromatic N) is 1. The molecule has 8 nitrogen and oxygen atoms in total. The summed E-state index contributed by atoms with van der Waals surface area (Å²) in [5, 5.41) is 2.15. The van der Waals surface area contributed by atoms with Gasteiger partial charge in [-0.15, -0.1) is 10.2 Å². The maximum Gasteiger partial charge on any atom is 0.213 e.